The summed E-state index contributed by atoms with van der Waals surface area (Å²) in [6, 6.07) is 0. The van der Waals surface area contributed by atoms with Crippen molar-refractivity contribution in [3.8, 4) is 0 Å². The number of nitrogens with zero attached hydrogens (tertiary/aromatic N) is 4. The monoisotopic (exact) mass is 704 g/mol. The van der Waals surface area contributed by atoms with Gasteiger partial charge in [0.25, 0.3) is 0 Å². The van der Waals surface area contributed by atoms with Crippen molar-refractivity contribution in [3.63, 3.8) is 0 Å². The molecular formula is C31H68N8O6Si2. The van der Waals surface area contributed by atoms with E-state index in [9.17, 15) is 0 Å². The van der Waals surface area contributed by atoms with Gasteiger partial charge in [0.05, 0.1) is 11.3 Å². The molecule has 1 aromatic rings. The van der Waals surface area contributed by atoms with Crippen molar-refractivity contribution in [2.45, 2.75) is 118 Å². The fraction of sp³-hybridized carbons (Fsp3) is 0.903. The number of anilines is 3. The molecule has 1 aromatic heterocycles. The maximum atomic E-state index is 6.36. The Balaban J connectivity index is 3.84. The van der Waals surface area contributed by atoms with E-state index < -0.39 is 17.6 Å². The molecule has 0 bridgehead atoms. The van der Waals surface area contributed by atoms with E-state index in [4.69, 9.17) is 53.0 Å². The molecule has 14 nitrogen and oxygen atoms in total. The first-order chi connectivity index (χ1) is 22.8. The molecule has 47 heavy (non-hydrogen) atoms. The molecule has 0 aliphatic carbocycles. The minimum Gasteiger partial charge on any atom is -0.373 e. The highest BCUT2D eigenvalue weighted by Crippen LogP contribution is 2.27. The van der Waals surface area contributed by atoms with E-state index in [1.165, 1.54) is 0 Å². The van der Waals surface area contributed by atoms with Crippen molar-refractivity contribution in [1.82, 2.24) is 15.0 Å². The van der Waals surface area contributed by atoms with Crippen molar-refractivity contribution in [3.05, 3.63) is 0 Å². The van der Waals surface area contributed by atoms with Crippen molar-refractivity contribution >= 4 is 35.5 Å². The number of rotatable bonds is 31. The first-order valence-corrected chi connectivity index (χ1v) is 21.7. The summed E-state index contributed by atoms with van der Waals surface area (Å²) in [5.41, 5.74) is 11.5. The lowest BCUT2D eigenvalue weighted by Gasteiger charge is -2.36. The maximum absolute atomic E-state index is 6.36. The van der Waals surface area contributed by atoms with Crippen LogP contribution in [0.5, 0.6) is 0 Å². The predicted molar refractivity (Wildman–Crippen MR) is 195 cm³/mol. The standard InChI is InChI=1S/C31H68N8O6Si2/c1-9-17-19-21-27(46(40-11-3,41-12-4)42-13-5)34-29-36-30(38-31(37-29)39(25-23-32)26-24-33)35-28(22-20-18-10-2)47(43-14-6,44-15-7)45-16-8/h27-28H,9-26,32-33H2,1-8H3,(H2,34,35,36,37,38). The molecule has 6 N–H and O–H groups in total. The number of unbranched alkanes of at least 4 members (excludes halogenated alkanes) is 4. The highest BCUT2D eigenvalue weighted by molar-refractivity contribution is 6.63. The molecule has 0 spiro atoms. The number of nitrogens with two attached hydrogens (primary N) is 2. The normalized spacial score (nSPS) is 13.5. The largest absolute Gasteiger partial charge is 0.524 e. The van der Waals surface area contributed by atoms with Crippen molar-refractivity contribution in [2.75, 3.05) is 81.4 Å². The first kappa shape index (κ1) is 43.5. The maximum Gasteiger partial charge on any atom is 0.524 e. The lowest BCUT2D eigenvalue weighted by molar-refractivity contribution is 0.0625. The van der Waals surface area contributed by atoms with Crippen molar-refractivity contribution < 1.29 is 26.6 Å². The Kier molecular flexibility index (Phi) is 23.6. The van der Waals surface area contributed by atoms with Crippen LogP contribution in [-0.4, -0.2) is 110 Å². The summed E-state index contributed by atoms with van der Waals surface area (Å²) >= 11 is 0. The Morgan fingerprint density at radius 2 is 0.894 bits per heavy atom. The Hall–Kier alpha value is -1.48. The zero-order valence-electron chi connectivity index (χ0n) is 30.8. The van der Waals surface area contributed by atoms with Gasteiger partial charge >= 0.3 is 17.6 Å². The van der Waals surface area contributed by atoms with E-state index in [1.54, 1.807) is 0 Å². The molecule has 276 valence electrons. The van der Waals surface area contributed by atoms with Gasteiger partial charge in [-0.25, -0.2) is 0 Å². The topological polar surface area (TPSA) is 173 Å². The van der Waals surface area contributed by atoms with Crippen LogP contribution in [-0.2, 0) is 26.6 Å². The first-order valence-electron chi connectivity index (χ1n) is 18.1. The molecule has 0 saturated heterocycles. The van der Waals surface area contributed by atoms with Crippen molar-refractivity contribution in [1.29, 1.82) is 0 Å². The van der Waals surface area contributed by atoms with E-state index in [0.717, 1.165) is 51.4 Å². The van der Waals surface area contributed by atoms with Crippen LogP contribution in [0.4, 0.5) is 17.8 Å². The van der Waals surface area contributed by atoms with Gasteiger partial charge in [-0.05, 0) is 54.4 Å². The third-order valence-electron chi connectivity index (χ3n) is 7.43. The Bertz CT molecular complexity index is 828. The molecule has 0 fully saturated rings. The minimum atomic E-state index is -3.20. The van der Waals surface area contributed by atoms with Crippen LogP contribution < -0.4 is 27.0 Å². The molecule has 2 unspecified atom stereocenters. The molecule has 16 heteroatoms. The van der Waals surface area contributed by atoms with Crippen LogP contribution in [0.25, 0.3) is 0 Å². The van der Waals surface area contributed by atoms with Crippen LogP contribution in [0.15, 0.2) is 0 Å². The summed E-state index contributed by atoms with van der Waals surface area (Å²) in [6.45, 7) is 20.9. The fourth-order valence-corrected chi connectivity index (χ4v) is 11.4. The molecule has 0 aromatic carbocycles. The number of nitrogens with one attached hydrogen (secondary N) is 2. The Labute approximate surface area is 287 Å². The molecule has 1 heterocycles. The highest BCUT2D eigenvalue weighted by Gasteiger charge is 2.51. The van der Waals surface area contributed by atoms with Gasteiger partial charge in [0.1, 0.15) is 0 Å². The quantitative estimate of drug-likeness (QED) is 0.0629. The van der Waals surface area contributed by atoms with Gasteiger partial charge in [-0.3, -0.25) is 0 Å². The van der Waals surface area contributed by atoms with Crippen LogP contribution in [0.3, 0.4) is 0 Å². The molecule has 0 saturated carbocycles. The summed E-state index contributed by atoms with van der Waals surface area (Å²) in [7, 11) is -6.41. The Morgan fingerprint density at radius 1 is 0.553 bits per heavy atom. The second-order valence-corrected chi connectivity index (χ2v) is 16.6. The smallest absolute Gasteiger partial charge is 0.373 e. The lowest BCUT2D eigenvalue weighted by atomic mass is 10.2. The Morgan fingerprint density at radius 3 is 1.17 bits per heavy atom. The van der Waals surface area contributed by atoms with Gasteiger partial charge in [-0.2, -0.15) is 15.0 Å². The van der Waals surface area contributed by atoms with E-state index in [0.29, 0.717) is 83.7 Å². The summed E-state index contributed by atoms with van der Waals surface area (Å²) in [5, 5.41) is 7.21. The average Bonchev–Trinajstić information content (AvgIpc) is 3.04. The predicted octanol–water partition coefficient (Wildman–Crippen LogP) is 4.49. The summed E-state index contributed by atoms with van der Waals surface area (Å²) < 4.78 is 38.2. The van der Waals surface area contributed by atoms with Gasteiger partial charge in [0.2, 0.25) is 17.8 Å². The zero-order chi connectivity index (χ0) is 35.0. The summed E-state index contributed by atoms with van der Waals surface area (Å²) in [5.74, 6) is 1.24. The van der Waals surface area contributed by atoms with Crippen molar-refractivity contribution in [2.24, 2.45) is 11.5 Å². The zero-order valence-corrected chi connectivity index (χ0v) is 32.8. The molecule has 0 aliphatic rings. The number of hydrogen-bond acceptors (Lipinski definition) is 14. The lowest BCUT2D eigenvalue weighted by Crippen LogP contribution is -2.60. The highest BCUT2D eigenvalue weighted by atomic mass is 28.4. The van der Waals surface area contributed by atoms with Crippen LogP contribution >= 0.6 is 0 Å². The van der Waals surface area contributed by atoms with E-state index >= 15 is 0 Å². The van der Waals surface area contributed by atoms with E-state index in [1.807, 2.05) is 46.4 Å². The molecule has 2 atom stereocenters. The SMILES string of the molecule is CCCCCC(Nc1nc(NC(CCCCC)[Si](OCC)(OCC)OCC)nc(N(CCN)CCN)n1)[Si](OCC)(OCC)OCC. The summed E-state index contributed by atoms with van der Waals surface area (Å²) in [6.07, 6.45) is 7.79. The van der Waals surface area contributed by atoms with Gasteiger partial charge in [0, 0.05) is 65.8 Å². The third kappa shape index (κ3) is 14.5. The van der Waals surface area contributed by atoms with Gasteiger partial charge in [0.15, 0.2) is 0 Å². The molecular weight excluding hydrogens is 637 g/mol. The second kappa shape index (κ2) is 25.5. The summed E-state index contributed by atoms with van der Waals surface area (Å²) in [4.78, 5) is 16.7. The molecule has 0 radical (unpaired) electrons. The van der Waals surface area contributed by atoms with Crippen LogP contribution in [0.1, 0.15) is 107 Å². The third-order valence-corrected chi connectivity index (χ3v) is 14.1. The van der Waals surface area contributed by atoms with E-state index in [-0.39, 0.29) is 11.3 Å². The van der Waals surface area contributed by atoms with Crippen LogP contribution in [0.2, 0.25) is 0 Å². The van der Waals surface area contributed by atoms with E-state index in [2.05, 4.69) is 24.5 Å². The number of hydrogen-bond donors (Lipinski definition) is 4. The molecule has 1 rings (SSSR count). The van der Waals surface area contributed by atoms with Gasteiger partial charge in [-0.15, -0.1) is 0 Å². The second-order valence-electron chi connectivity index (χ2n) is 11.0. The minimum absolute atomic E-state index is 0.279. The molecule has 0 aliphatic heterocycles. The van der Waals surface area contributed by atoms with Crippen LogP contribution in [0, 0.1) is 0 Å². The number of aromatic nitrogens is 3. The van der Waals surface area contributed by atoms with Gasteiger partial charge in [-0.1, -0.05) is 52.4 Å². The average molecular weight is 705 g/mol. The van der Waals surface area contributed by atoms with Gasteiger partial charge < -0.3 is 53.6 Å². The fourth-order valence-electron chi connectivity index (χ4n) is 5.50. The molecule has 0 amide bonds.